The zero-order valence-corrected chi connectivity index (χ0v) is 12.7. The lowest BCUT2D eigenvalue weighted by molar-refractivity contribution is 0.210. The number of aryl methyl sites for hydroxylation is 1. The Morgan fingerprint density at radius 2 is 2.21 bits per heavy atom. The summed E-state index contributed by atoms with van der Waals surface area (Å²) in [6.07, 6.45) is 6.46. The third-order valence-corrected chi connectivity index (χ3v) is 5.12. The first-order chi connectivity index (χ1) is 9.17. The Labute approximate surface area is 121 Å². The van der Waals surface area contributed by atoms with Crippen molar-refractivity contribution in [2.75, 3.05) is 0 Å². The monoisotopic (exact) mass is 280 g/mol. The summed E-state index contributed by atoms with van der Waals surface area (Å²) in [5, 5.41) is 0.865. The molecule has 3 atom stereocenters. The Kier molecular flexibility index (Phi) is 5.26. The van der Waals surface area contributed by atoms with E-state index >= 15 is 0 Å². The van der Waals surface area contributed by atoms with Crippen LogP contribution in [0.4, 0.5) is 0 Å². The van der Waals surface area contributed by atoms with Gasteiger partial charge < -0.3 is 0 Å². The summed E-state index contributed by atoms with van der Waals surface area (Å²) in [6, 6.07) is 6.41. The number of nitrogens with one attached hydrogen (secondary N) is 1. The molecule has 1 fully saturated rings. The average Bonchev–Trinajstić information content (AvgIpc) is 2.44. The second kappa shape index (κ2) is 6.74. The minimum atomic E-state index is 0.182. The van der Waals surface area contributed by atoms with E-state index in [1.54, 1.807) is 0 Å². The highest BCUT2D eigenvalue weighted by atomic mass is 35.5. The molecule has 106 valence electrons. The fourth-order valence-electron chi connectivity index (χ4n) is 3.40. The minimum Gasteiger partial charge on any atom is -0.271 e. The van der Waals surface area contributed by atoms with Gasteiger partial charge in [0.2, 0.25) is 0 Å². The van der Waals surface area contributed by atoms with Gasteiger partial charge in [-0.05, 0) is 42.7 Å². The summed E-state index contributed by atoms with van der Waals surface area (Å²) in [5.74, 6) is 7.28. The van der Waals surface area contributed by atoms with E-state index in [-0.39, 0.29) is 6.04 Å². The quantitative estimate of drug-likeness (QED) is 0.635. The van der Waals surface area contributed by atoms with Gasteiger partial charge in [0.15, 0.2) is 0 Å². The Morgan fingerprint density at radius 1 is 1.42 bits per heavy atom. The molecular formula is C16H25ClN2. The molecule has 0 aromatic heterocycles. The topological polar surface area (TPSA) is 38.0 Å². The molecule has 0 bridgehead atoms. The summed E-state index contributed by atoms with van der Waals surface area (Å²) in [6.45, 7) is 4.34. The average molecular weight is 281 g/mol. The third kappa shape index (κ3) is 3.31. The van der Waals surface area contributed by atoms with Crippen LogP contribution in [0.3, 0.4) is 0 Å². The van der Waals surface area contributed by atoms with E-state index in [0.29, 0.717) is 5.92 Å². The molecule has 0 aliphatic heterocycles. The van der Waals surface area contributed by atoms with Gasteiger partial charge in [-0.2, -0.15) is 0 Å². The number of benzene rings is 1. The van der Waals surface area contributed by atoms with Gasteiger partial charge in [0.05, 0.1) is 6.04 Å². The number of hydrogen-bond acceptors (Lipinski definition) is 2. The molecule has 3 heteroatoms. The van der Waals surface area contributed by atoms with Crippen LogP contribution in [0.5, 0.6) is 0 Å². The van der Waals surface area contributed by atoms with E-state index in [1.807, 2.05) is 0 Å². The molecule has 0 radical (unpaired) electrons. The van der Waals surface area contributed by atoms with Gasteiger partial charge in [-0.1, -0.05) is 56.0 Å². The molecule has 0 saturated heterocycles. The van der Waals surface area contributed by atoms with Crippen LogP contribution < -0.4 is 11.3 Å². The second-order valence-corrected chi connectivity index (χ2v) is 6.20. The second-order valence-electron chi connectivity index (χ2n) is 5.82. The summed E-state index contributed by atoms with van der Waals surface area (Å²) in [4.78, 5) is 0. The number of hydrazine groups is 1. The normalized spacial score (nSPS) is 25.3. The Balaban J connectivity index is 2.21. The van der Waals surface area contributed by atoms with Crippen LogP contribution in [0.15, 0.2) is 18.2 Å². The largest absolute Gasteiger partial charge is 0.271 e. The highest BCUT2D eigenvalue weighted by molar-refractivity contribution is 6.32. The molecule has 1 aromatic carbocycles. The zero-order valence-electron chi connectivity index (χ0n) is 12.0. The van der Waals surface area contributed by atoms with Gasteiger partial charge in [-0.15, -0.1) is 0 Å². The van der Waals surface area contributed by atoms with Crippen LogP contribution in [0.2, 0.25) is 5.02 Å². The smallest absolute Gasteiger partial charge is 0.0503 e. The van der Waals surface area contributed by atoms with Crippen molar-refractivity contribution < 1.29 is 0 Å². The van der Waals surface area contributed by atoms with Crippen LogP contribution in [-0.2, 0) is 0 Å². The van der Waals surface area contributed by atoms with Crippen LogP contribution in [0.1, 0.15) is 56.2 Å². The zero-order chi connectivity index (χ0) is 13.8. The molecule has 0 spiro atoms. The molecule has 1 aromatic rings. The van der Waals surface area contributed by atoms with Gasteiger partial charge in [-0.25, -0.2) is 0 Å². The molecule has 0 amide bonds. The van der Waals surface area contributed by atoms with Crippen molar-refractivity contribution in [3.8, 4) is 0 Å². The molecule has 19 heavy (non-hydrogen) atoms. The van der Waals surface area contributed by atoms with Gasteiger partial charge in [0, 0.05) is 5.02 Å². The molecule has 2 rings (SSSR count). The van der Waals surface area contributed by atoms with E-state index in [0.717, 1.165) is 22.1 Å². The minimum absolute atomic E-state index is 0.182. The van der Waals surface area contributed by atoms with Crippen molar-refractivity contribution >= 4 is 11.6 Å². The lowest BCUT2D eigenvalue weighted by atomic mass is 9.75. The van der Waals surface area contributed by atoms with Crippen molar-refractivity contribution in [2.24, 2.45) is 17.7 Å². The summed E-state index contributed by atoms with van der Waals surface area (Å²) in [7, 11) is 0. The van der Waals surface area contributed by atoms with Crippen molar-refractivity contribution in [1.82, 2.24) is 5.43 Å². The first kappa shape index (κ1) is 14.8. The van der Waals surface area contributed by atoms with Crippen LogP contribution in [-0.4, -0.2) is 0 Å². The molecule has 2 nitrogen and oxygen atoms in total. The SMILES string of the molecule is CCC1CCCC(C(NN)c2cccc(C)c2Cl)C1. The summed E-state index contributed by atoms with van der Waals surface area (Å²) in [5.41, 5.74) is 5.30. The molecule has 1 aliphatic carbocycles. The van der Waals surface area contributed by atoms with Crippen LogP contribution in [0.25, 0.3) is 0 Å². The maximum atomic E-state index is 6.46. The maximum absolute atomic E-state index is 6.46. The van der Waals surface area contributed by atoms with Crippen molar-refractivity contribution in [3.05, 3.63) is 34.3 Å². The molecule has 3 N–H and O–H groups in total. The fraction of sp³-hybridized carbons (Fsp3) is 0.625. The van der Waals surface area contributed by atoms with E-state index in [9.17, 15) is 0 Å². The molecule has 3 unspecified atom stereocenters. The highest BCUT2D eigenvalue weighted by Gasteiger charge is 2.29. The lowest BCUT2D eigenvalue weighted by Crippen LogP contribution is -2.36. The van der Waals surface area contributed by atoms with Gasteiger partial charge in [-0.3, -0.25) is 11.3 Å². The molecule has 1 saturated carbocycles. The van der Waals surface area contributed by atoms with Crippen LogP contribution in [0, 0.1) is 18.8 Å². The first-order valence-electron chi connectivity index (χ1n) is 7.38. The molecule has 0 heterocycles. The van der Waals surface area contributed by atoms with E-state index in [1.165, 1.54) is 32.1 Å². The van der Waals surface area contributed by atoms with Gasteiger partial charge >= 0.3 is 0 Å². The fourth-order valence-corrected chi connectivity index (χ4v) is 3.64. The first-order valence-corrected chi connectivity index (χ1v) is 7.76. The molecule has 1 aliphatic rings. The Morgan fingerprint density at radius 3 is 2.89 bits per heavy atom. The Bertz CT molecular complexity index is 419. The third-order valence-electron chi connectivity index (χ3n) is 4.61. The number of rotatable bonds is 4. The van der Waals surface area contributed by atoms with Crippen LogP contribution >= 0.6 is 11.6 Å². The van der Waals surface area contributed by atoms with Gasteiger partial charge in [0.25, 0.3) is 0 Å². The molecular weight excluding hydrogens is 256 g/mol. The van der Waals surface area contributed by atoms with Crippen molar-refractivity contribution in [1.29, 1.82) is 0 Å². The highest BCUT2D eigenvalue weighted by Crippen LogP contribution is 2.40. The standard InChI is InChI=1S/C16H25ClN2/c1-3-12-7-5-8-13(10-12)16(19-18)14-9-4-6-11(2)15(14)17/h4,6,9,12-13,16,19H,3,5,7-8,10,18H2,1-2H3. The summed E-state index contributed by atoms with van der Waals surface area (Å²) >= 11 is 6.46. The van der Waals surface area contributed by atoms with E-state index in [2.05, 4.69) is 37.5 Å². The number of halogens is 1. The van der Waals surface area contributed by atoms with Crippen molar-refractivity contribution in [3.63, 3.8) is 0 Å². The van der Waals surface area contributed by atoms with E-state index in [4.69, 9.17) is 17.4 Å². The predicted molar refractivity (Wildman–Crippen MR) is 82.0 cm³/mol. The number of nitrogens with two attached hydrogens (primary N) is 1. The van der Waals surface area contributed by atoms with E-state index < -0.39 is 0 Å². The predicted octanol–water partition coefficient (Wildman–Crippen LogP) is 4.37. The maximum Gasteiger partial charge on any atom is 0.0503 e. The summed E-state index contributed by atoms with van der Waals surface area (Å²) < 4.78 is 0. The van der Waals surface area contributed by atoms with Gasteiger partial charge in [0.1, 0.15) is 0 Å². The van der Waals surface area contributed by atoms with Crippen molar-refractivity contribution in [2.45, 2.75) is 52.0 Å². The lowest BCUT2D eigenvalue weighted by Gasteiger charge is -2.34. The number of hydrogen-bond donors (Lipinski definition) is 2. The Hall–Kier alpha value is -0.570.